The number of likely N-dealkylation sites (N-methyl/N-ethyl adjacent to an activating group) is 1. The second-order valence-electron chi connectivity index (χ2n) is 6.61. The van der Waals surface area contributed by atoms with Crippen LogP contribution in [0.4, 0.5) is 0 Å². The first kappa shape index (κ1) is 13.5. The van der Waals surface area contributed by atoms with Gasteiger partial charge in [-0.25, -0.2) is 0 Å². The molecule has 0 aromatic carbocycles. The monoisotopic (exact) mass is 275 g/mol. The van der Waals surface area contributed by atoms with Gasteiger partial charge in [-0.1, -0.05) is 0 Å². The van der Waals surface area contributed by atoms with Crippen LogP contribution in [-0.2, 0) is 9.59 Å². The summed E-state index contributed by atoms with van der Waals surface area (Å²) in [4.78, 5) is 33.6. The third-order valence-electron chi connectivity index (χ3n) is 4.39. The van der Waals surface area contributed by atoms with Crippen molar-refractivity contribution in [1.29, 1.82) is 0 Å². The number of hydrogen-bond donors (Lipinski definition) is 0. The van der Waals surface area contributed by atoms with E-state index in [0.29, 0.717) is 17.8 Å². The van der Waals surface area contributed by atoms with Gasteiger partial charge in [0.2, 0.25) is 5.78 Å². The zero-order valence-corrected chi connectivity index (χ0v) is 12.3. The first-order valence-electron chi connectivity index (χ1n) is 7.21. The highest BCUT2D eigenvalue weighted by Gasteiger charge is 2.45. The van der Waals surface area contributed by atoms with E-state index in [1.54, 1.807) is 0 Å². The molecule has 3 rings (SSSR count). The van der Waals surface area contributed by atoms with Crippen LogP contribution in [0, 0.1) is 5.92 Å². The number of piperazine rings is 1. The second-order valence-corrected chi connectivity index (χ2v) is 6.61. The SMILES string of the molecule is CN1CCN(C2=CC(=O)C3=NC(C)(C)CC3C2=O)CC1. The van der Waals surface area contributed by atoms with Crippen LogP contribution in [0.25, 0.3) is 0 Å². The Labute approximate surface area is 119 Å². The molecule has 1 atom stereocenters. The zero-order valence-electron chi connectivity index (χ0n) is 12.3. The molecule has 5 heteroatoms. The minimum atomic E-state index is -0.322. The van der Waals surface area contributed by atoms with Crippen LogP contribution in [0.3, 0.4) is 0 Å². The number of allylic oxidation sites excluding steroid dienone is 2. The first-order valence-corrected chi connectivity index (χ1v) is 7.21. The van der Waals surface area contributed by atoms with Crippen LogP contribution >= 0.6 is 0 Å². The number of carbonyl (C=O) groups is 2. The van der Waals surface area contributed by atoms with Gasteiger partial charge in [0.15, 0.2) is 5.78 Å². The van der Waals surface area contributed by atoms with Gasteiger partial charge in [0.1, 0.15) is 0 Å². The molecule has 1 aliphatic carbocycles. The van der Waals surface area contributed by atoms with Crippen LogP contribution in [0.5, 0.6) is 0 Å². The highest BCUT2D eigenvalue weighted by molar-refractivity contribution is 6.51. The average Bonchev–Trinajstić information content (AvgIpc) is 2.72. The summed E-state index contributed by atoms with van der Waals surface area (Å²) < 4.78 is 0. The molecule has 3 aliphatic rings. The smallest absolute Gasteiger partial charge is 0.202 e. The third kappa shape index (κ3) is 2.20. The molecule has 2 heterocycles. The molecule has 0 saturated carbocycles. The lowest BCUT2D eigenvalue weighted by Gasteiger charge is -2.36. The van der Waals surface area contributed by atoms with E-state index in [0.717, 1.165) is 26.2 Å². The van der Waals surface area contributed by atoms with Crippen LogP contribution < -0.4 is 0 Å². The quantitative estimate of drug-likeness (QED) is 0.699. The minimum absolute atomic E-state index is 0.0749. The number of nitrogens with zero attached hydrogens (tertiary/aromatic N) is 3. The predicted molar refractivity (Wildman–Crippen MR) is 76.8 cm³/mol. The van der Waals surface area contributed by atoms with Crippen molar-refractivity contribution in [2.24, 2.45) is 10.9 Å². The van der Waals surface area contributed by atoms with Gasteiger partial charge in [-0.15, -0.1) is 0 Å². The molecule has 108 valence electrons. The fourth-order valence-corrected chi connectivity index (χ4v) is 3.23. The molecule has 2 aliphatic heterocycles. The number of ketones is 2. The standard InChI is InChI=1S/C15H21N3O2/c1-15(2)9-10-13(16-15)12(19)8-11(14(10)20)18-6-4-17(3)5-7-18/h8,10H,4-7,9H2,1-3H3. The number of aliphatic imine (C=N–C) groups is 1. The molecule has 1 saturated heterocycles. The van der Waals surface area contributed by atoms with Crippen molar-refractivity contribution in [3.05, 3.63) is 11.8 Å². The van der Waals surface area contributed by atoms with Crippen molar-refractivity contribution in [3.8, 4) is 0 Å². The summed E-state index contributed by atoms with van der Waals surface area (Å²) in [5.41, 5.74) is 0.777. The van der Waals surface area contributed by atoms with E-state index in [9.17, 15) is 9.59 Å². The number of Topliss-reactive ketones (excluding diaryl/α,β-unsaturated/α-hetero) is 1. The van der Waals surface area contributed by atoms with E-state index in [4.69, 9.17) is 0 Å². The highest BCUT2D eigenvalue weighted by Crippen LogP contribution is 2.35. The van der Waals surface area contributed by atoms with Crippen molar-refractivity contribution in [3.63, 3.8) is 0 Å². The number of hydrogen-bond acceptors (Lipinski definition) is 5. The van der Waals surface area contributed by atoms with Crippen molar-refractivity contribution in [2.45, 2.75) is 25.8 Å². The molecule has 0 radical (unpaired) electrons. The van der Waals surface area contributed by atoms with E-state index in [1.807, 2.05) is 13.8 Å². The maximum atomic E-state index is 12.7. The predicted octanol–water partition coefficient (Wildman–Crippen LogP) is 0.509. The molecule has 1 unspecified atom stereocenters. The Morgan fingerprint density at radius 1 is 1.20 bits per heavy atom. The largest absolute Gasteiger partial charge is 0.366 e. The molecule has 0 aromatic rings. The summed E-state index contributed by atoms with van der Waals surface area (Å²) >= 11 is 0. The summed E-state index contributed by atoms with van der Waals surface area (Å²) in [7, 11) is 2.07. The van der Waals surface area contributed by atoms with Crippen LogP contribution in [0.1, 0.15) is 20.3 Å². The minimum Gasteiger partial charge on any atom is -0.366 e. The molecule has 0 spiro atoms. The van der Waals surface area contributed by atoms with Gasteiger partial charge in [-0.2, -0.15) is 0 Å². The maximum Gasteiger partial charge on any atom is 0.202 e. The van der Waals surface area contributed by atoms with E-state index in [2.05, 4.69) is 21.8 Å². The molecule has 1 fully saturated rings. The van der Waals surface area contributed by atoms with Crippen molar-refractivity contribution < 1.29 is 9.59 Å². The van der Waals surface area contributed by atoms with Gasteiger partial charge in [0, 0.05) is 32.3 Å². The Hall–Kier alpha value is -1.49. The molecule has 0 N–H and O–H groups in total. The molecule has 0 aromatic heterocycles. The van der Waals surface area contributed by atoms with Gasteiger partial charge < -0.3 is 9.80 Å². The van der Waals surface area contributed by atoms with Crippen LogP contribution in [0.2, 0.25) is 0 Å². The van der Waals surface area contributed by atoms with E-state index in [1.165, 1.54) is 6.08 Å². The Kier molecular flexibility index (Phi) is 3.05. The van der Waals surface area contributed by atoms with Gasteiger partial charge >= 0.3 is 0 Å². The van der Waals surface area contributed by atoms with Gasteiger partial charge in [-0.05, 0) is 27.3 Å². The van der Waals surface area contributed by atoms with E-state index in [-0.39, 0.29) is 23.0 Å². The second kappa shape index (κ2) is 4.52. The summed E-state index contributed by atoms with van der Waals surface area (Å²) in [5.74, 6) is -0.315. The van der Waals surface area contributed by atoms with Crippen LogP contribution in [0.15, 0.2) is 16.8 Å². The van der Waals surface area contributed by atoms with Crippen LogP contribution in [-0.4, -0.2) is 65.8 Å². The average molecular weight is 275 g/mol. The van der Waals surface area contributed by atoms with Gasteiger partial charge in [0.25, 0.3) is 0 Å². The zero-order chi connectivity index (χ0) is 14.5. The Balaban J connectivity index is 1.86. The molecule has 20 heavy (non-hydrogen) atoms. The molecule has 0 bridgehead atoms. The molecule has 0 amide bonds. The molecular weight excluding hydrogens is 254 g/mol. The molecule has 5 nitrogen and oxygen atoms in total. The lowest BCUT2D eigenvalue weighted by atomic mass is 9.83. The lowest BCUT2D eigenvalue weighted by molar-refractivity contribution is -0.121. The number of fused-ring (bicyclic) bond motifs is 1. The fourth-order valence-electron chi connectivity index (χ4n) is 3.23. The third-order valence-corrected chi connectivity index (χ3v) is 4.39. The Bertz CT molecular complexity index is 525. The first-order chi connectivity index (χ1) is 9.37. The Morgan fingerprint density at radius 3 is 2.50 bits per heavy atom. The number of carbonyl (C=O) groups excluding carboxylic acids is 2. The van der Waals surface area contributed by atoms with E-state index < -0.39 is 0 Å². The van der Waals surface area contributed by atoms with Gasteiger partial charge in [0.05, 0.1) is 22.9 Å². The van der Waals surface area contributed by atoms with E-state index >= 15 is 0 Å². The normalized spacial score (nSPS) is 30.1. The van der Waals surface area contributed by atoms with Crippen molar-refractivity contribution >= 4 is 17.3 Å². The lowest BCUT2D eigenvalue weighted by Crippen LogP contribution is -2.48. The summed E-state index contributed by atoms with van der Waals surface area (Å²) in [6.07, 6.45) is 2.16. The summed E-state index contributed by atoms with van der Waals surface area (Å²) in [6, 6.07) is 0. The fraction of sp³-hybridized carbons (Fsp3) is 0.667. The van der Waals surface area contributed by atoms with Crippen molar-refractivity contribution in [2.75, 3.05) is 33.2 Å². The maximum absolute atomic E-state index is 12.7. The Morgan fingerprint density at radius 2 is 1.85 bits per heavy atom. The topological polar surface area (TPSA) is 53.0 Å². The molecular formula is C15H21N3O2. The van der Waals surface area contributed by atoms with Crippen molar-refractivity contribution in [1.82, 2.24) is 9.80 Å². The van der Waals surface area contributed by atoms with Gasteiger partial charge in [-0.3, -0.25) is 14.6 Å². The highest BCUT2D eigenvalue weighted by atomic mass is 16.1. The number of rotatable bonds is 1. The summed E-state index contributed by atoms with van der Waals surface area (Å²) in [5, 5.41) is 0. The summed E-state index contributed by atoms with van der Waals surface area (Å²) in [6.45, 7) is 7.43.